The standard InChI is InChI=1S/C21H19NO4S/c1-17-12-14-20(15-13-17)27(23,24)26-22-21(18-8-4-2-5-9-18)16-25-19-10-6-3-7-11-19/h2-16,22H,1H3. The minimum atomic E-state index is -3.97. The molecular formula is C21H19NO4S. The van der Waals surface area contributed by atoms with Gasteiger partial charge >= 0.3 is 10.1 Å². The van der Waals surface area contributed by atoms with E-state index in [2.05, 4.69) is 5.48 Å². The molecule has 0 spiro atoms. The van der Waals surface area contributed by atoms with E-state index in [1.807, 2.05) is 55.5 Å². The highest BCUT2D eigenvalue weighted by molar-refractivity contribution is 7.86. The van der Waals surface area contributed by atoms with Crippen LogP contribution < -0.4 is 10.2 Å². The molecule has 0 aromatic heterocycles. The average molecular weight is 381 g/mol. The van der Waals surface area contributed by atoms with Gasteiger partial charge in [0.2, 0.25) is 0 Å². The van der Waals surface area contributed by atoms with Gasteiger partial charge in [-0.25, -0.2) is 5.48 Å². The predicted octanol–water partition coefficient (Wildman–Crippen LogP) is 4.28. The van der Waals surface area contributed by atoms with E-state index in [1.165, 1.54) is 18.4 Å². The highest BCUT2D eigenvalue weighted by Crippen LogP contribution is 2.17. The Labute approximate surface area is 159 Å². The van der Waals surface area contributed by atoms with Crippen LogP contribution in [0.15, 0.2) is 96.1 Å². The van der Waals surface area contributed by atoms with Crippen molar-refractivity contribution in [1.82, 2.24) is 5.48 Å². The molecule has 3 aromatic carbocycles. The van der Waals surface area contributed by atoms with E-state index in [9.17, 15) is 8.42 Å². The molecule has 0 amide bonds. The monoisotopic (exact) mass is 381 g/mol. The summed E-state index contributed by atoms with van der Waals surface area (Å²) in [5, 5.41) is 0. The Kier molecular flexibility index (Phi) is 5.90. The van der Waals surface area contributed by atoms with Crippen molar-refractivity contribution in [3.8, 4) is 5.75 Å². The lowest BCUT2D eigenvalue weighted by Crippen LogP contribution is -2.20. The number of ether oxygens (including phenoxy) is 1. The zero-order chi connectivity index (χ0) is 19.1. The lowest BCUT2D eigenvalue weighted by atomic mass is 10.2. The summed E-state index contributed by atoms with van der Waals surface area (Å²) in [5.41, 5.74) is 4.55. The second-order valence-electron chi connectivity index (χ2n) is 5.78. The quantitative estimate of drug-likeness (QED) is 0.489. The van der Waals surface area contributed by atoms with Gasteiger partial charge in [0.25, 0.3) is 0 Å². The number of para-hydroxylation sites is 1. The summed E-state index contributed by atoms with van der Waals surface area (Å²) >= 11 is 0. The lowest BCUT2D eigenvalue weighted by molar-refractivity contribution is 0.256. The third-order valence-electron chi connectivity index (χ3n) is 3.71. The van der Waals surface area contributed by atoms with Crippen LogP contribution in [0.5, 0.6) is 5.75 Å². The first-order valence-electron chi connectivity index (χ1n) is 8.28. The van der Waals surface area contributed by atoms with E-state index in [4.69, 9.17) is 9.02 Å². The Morgan fingerprint density at radius 1 is 0.852 bits per heavy atom. The van der Waals surface area contributed by atoms with E-state index in [0.717, 1.165) is 5.56 Å². The van der Waals surface area contributed by atoms with Crippen LogP contribution in [0.4, 0.5) is 0 Å². The maximum atomic E-state index is 12.4. The van der Waals surface area contributed by atoms with E-state index in [-0.39, 0.29) is 4.90 Å². The molecule has 0 heterocycles. The maximum Gasteiger partial charge on any atom is 0.317 e. The molecule has 0 radical (unpaired) electrons. The molecule has 27 heavy (non-hydrogen) atoms. The van der Waals surface area contributed by atoms with Gasteiger partial charge < -0.3 is 4.74 Å². The van der Waals surface area contributed by atoms with Gasteiger partial charge in [0, 0.05) is 5.56 Å². The van der Waals surface area contributed by atoms with Crippen LogP contribution in [0.1, 0.15) is 11.1 Å². The molecule has 1 N–H and O–H groups in total. The molecular weight excluding hydrogens is 362 g/mol. The van der Waals surface area contributed by atoms with Crippen molar-refractivity contribution in [2.45, 2.75) is 11.8 Å². The van der Waals surface area contributed by atoms with Crippen molar-refractivity contribution in [2.24, 2.45) is 0 Å². The average Bonchev–Trinajstić information content (AvgIpc) is 2.70. The zero-order valence-corrected chi connectivity index (χ0v) is 15.5. The summed E-state index contributed by atoms with van der Waals surface area (Å²) in [4.78, 5) is 0.0667. The fourth-order valence-corrected chi connectivity index (χ4v) is 3.01. The maximum absolute atomic E-state index is 12.4. The van der Waals surface area contributed by atoms with Crippen LogP contribution in [0.3, 0.4) is 0 Å². The Hall–Kier alpha value is -3.09. The van der Waals surface area contributed by atoms with Gasteiger partial charge in [0.1, 0.15) is 17.7 Å². The smallest absolute Gasteiger partial charge is 0.317 e. The molecule has 3 aromatic rings. The van der Waals surface area contributed by atoms with Crippen molar-refractivity contribution >= 4 is 15.8 Å². The van der Waals surface area contributed by atoms with E-state index in [1.54, 1.807) is 24.3 Å². The number of benzene rings is 3. The van der Waals surface area contributed by atoms with Gasteiger partial charge in [-0.1, -0.05) is 66.2 Å². The third-order valence-corrected chi connectivity index (χ3v) is 4.86. The Morgan fingerprint density at radius 2 is 1.44 bits per heavy atom. The van der Waals surface area contributed by atoms with Gasteiger partial charge in [0.15, 0.2) is 0 Å². The van der Waals surface area contributed by atoms with Crippen LogP contribution in [-0.2, 0) is 14.4 Å². The number of nitrogens with one attached hydrogen (secondary N) is 1. The van der Waals surface area contributed by atoms with Crippen LogP contribution in [0.25, 0.3) is 5.70 Å². The zero-order valence-electron chi connectivity index (χ0n) is 14.7. The molecule has 6 heteroatoms. The first kappa shape index (κ1) is 18.7. The second kappa shape index (κ2) is 8.53. The van der Waals surface area contributed by atoms with Gasteiger partial charge in [-0.05, 0) is 31.2 Å². The molecule has 0 saturated heterocycles. The lowest BCUT2D eigenvalue weighted by Gasteiger charge is -2.12. The molecule has 0 unspecified atom stereocenters. The SMILES string of the molecule is Cc1ccc(S(=O)(=O)ONC(=COc2ccccc2)c2ccccc2)cc1. The highest BCUT2D eigenvalue weighted by atomic mass is 32.2. The molecule has 0 aliphatic rings. The minimum Gasteiger partial charge on any atom is -0.463 e. The van der Waals surface area contributed by atoms with E-state index < -0.39 is 10.1 Å². The summed E-state index contributed by atoms with van der Waals surface area (Å²) in [6.45, 7) is 1.88. The third kappa shape index (κ3) is 5.20. The fraction of sp³-hybridized carbons (Fsp3) is 0.0476. The van der Waals surface area contributed by atoms with Crippen molar-refractivity contribution in [3.63, 3.8) is 0 Å². The number of hydrogen-bond acceptors (Lipinski definition) is 5. The Morgan fingerprint density at radius 3 is 2.07 bits per heavy atom. The van der Waals surface area contributed by atoms with E-state index in [0.29, 0.717) is 17.0 Å². The Balaban J connectivity index is 1.80. The minimum absolute atomic E-state index is 0.0667. The summed E-state index contributed by atoms with van der Waals surface area (Å²) in [6, 6.07) is 24.7. The number of rotatable bonds is 7. The Bertz CT molecular complexity index is 999. The van der Waals surface area contributed by atoms with E-state index >= 15 is 0 Å². The van der Waals surface area contributed by atoms with Crippen molar-refractivity contribution < 1.29 is 17.4 Å². The van der Waals surface area contributed by atoms with Crippen LogP contribution in [-0.4, -0.2) is 8.42 Å². The molecule has 0 atom stereocenters. The first-order chi connectivity index (χ1) is 13.0. The summed E-state index contributed by atoms with van der Waals surface area (Å²) in [6.07, 6.45) is 1.41. The molecule has 0 bridgehead atoms. The molecule has 3 rings (SSSR count). The molecule has 0 saturated carbocycles. The van der Waals surface area contributed by atoms with Crippen LogP contribution in [0.2, 0.25) is 0 Å². The highest BCUT2D eigenvalue weighted by Gasteiger charge is 2.16. The molecule has 138 valence electrons. The fourth-order valence-electron chi connectivity index (χ4n) is 2.25. The summed E-state index contributed by atoms with van der Waals surface area (Å²) in [7, 11) is -3.97. The first-order valence-corrected chi connectivity index (χ1v) is 9.69. The molecule has 0 aliphatic heterocycles. The van der Waals surface area contributed by atoms with Crippen LogP contribution in [0, 0.1) is 6.92 Å². The largest absolute Gasteiger partial charge is 0.463 e. The number of aryl methyl sites for hydroxylation is 1. The van der Waals surface area contributed by atoms with Gasteiger partial charge in [-0.15, -0.1) is 4.28 Å². The predicted molar refractivity (Wildman–Crippen MR) is 104 cm³/mol. The normalized spacial score (nSPS) is 11.8. The van der Waals surface area contributed by atoms with Crippen molar-refractivity contribution in [2.75, 3.05) is 0 Å². The van der Waals surface area contributed by atoms with Gasteiger partial charge in [-0.2, -0.15) is 8.42 Å². The second-order valence-corrected chi connectivity index (χ2v) is 7.33. The van der Waals surface area contributed by atoms with Crippen molar-refractivity contribution in [1.29, 1.82) is 0 Å². The summed E-state index contributed by atoms with van der Waals surface area (Å²) in [5.74, 6) is 0.620. The van der Waals surface area contributed by atoms with Gasteiger partial charge in [-0.3, -0.25) is 0 Å². The molecule has 0 fully saturated rings. The van der Waals surface area contributed by atoms with Gasteiger partial charge in [0.05, 0.1) is 4.90 Å². The number of hydroxylamine groups is 1. The summed E-state index contributed by atoms with van der Waals surface area (Å²) < 4.78 is 35.4. The molecule has 0 aliphatic carbocycles. The number of hydrogen-bond donors (Lipinski definition) is 1. The van der Waals surface area contributed by atoms with Crippen LogP contribution >= 0.6 is 0 Å². The van der Waals surface area contributed by atoms with Crippen molar-refractivity contribution in [3.05, 3.63) is 102 Å². The molecule has 5 nitrogen and oxygen atoms in total. The topological polar surface area (TPSA) is 64.6 Å².